The van der Waals surface area contributed by atoms with Gasteiger partial charge in [-0.25, -0.2) is 13.4 Å². The van der Waals surface area contributed by atoms with Crippen LogP contribution in [0.25, 0.3) is 22.9 Å². The molecule has 2 atom stereocenters. The number of aliphatic hydroxyl groups is 1. The van der Waals surface area contributed by atoms with Crippen molar-refractivity contribution < 1.29 is 27.4 Å². The minimum atomic E-state index is -4.22. The zero-order valence-corrected chi connectivity index (χ0v) is 21.9. The lowest BCUT2D eigenvalue weighted by molar-refractivity contribution is 0.172. The minimum absolute atomic E-state index is 0.147. The van der Waals surface area contributed by atoms with Gasteiger partial charge in [-0.15, -0.1) is 10.2 Å². The third kappa shape index (κ3) is 4.46. The van der Waals surface area contributed by atoms with Crippen molar-refractivity contribution in [3.05, 3.63) is 72.4 Å². The number of benzene rings is 1. The summed E-state index contributed by atoms with van der Waals surface area (Å²) in [5.74, 6) is 1.82. The first-order valence-corrected chi connectivity index (χ1v) is 13.1. The number of imidazole rings is 1. The van der Waals surface area contributed by atoms with Gasteiger partial charge in [-0.3, -0.25) is 9.29 Å². The minimum Gasteiger partial charge on any atom is -0.494 e. The Morgan fingerprint density at radius 2 is 1.76 bits per heavy atom. The van der Waals surface area contributed by atoms with E-state index >= 15 is 0 Å². The highest BCUT2D eigenvalue weighted by Gasteiger charge is 2.34. The number of aryl methyl sites for hydroxylation is 1. The molecule has 1 aromatic carbocycles. The lowest BCUT2D eigenvalue weighted by Gasteiger charge is -2.20. The second-order valence-electron chi connectivity index (χ2n) is 8.53. The standard InChI is InChI=1S/C25H26N6O6S/c1-15-11-12-20(37-15)24-27-28-25(31(24)22-18(35-3)8-7-9-19(22)36-4)29-38(33,34)16(2)23(32)17-14-30-13-6-5-10-21(30)26-17/h5-14,16,23,32H,1-4H3,(H,28,29)/t16-,23-/m1/s1. The molecule has 0 unspecified atom stereocenters. The van der Waals surface area contributed by atoms with Gasteiger partial charge in [0.15, 0.2) is 5.76 Å². The number of aliphatic hydroxyl groups excluding tert-OH is 1. The van der Waals surface area contributed by atoms with E-state index < -0.39 is 21.4 Å². The van der Waals surface area contributed by atoms with Gasteiger partial charge in [0.2, 0.25) is 21.8 Å². The molecule has 198 valence electrons. The van der Waals surface area contributed by atoms with Crippen molar-refractivity contribution in [2.24, 2.45) is 0 Å². The maximum atomic E-state index is 13.5. The highest BCUT2D eigenvalue weighted by Crippen LogP contribution is 2.38. The molecule has 0 saturated carbocycles. The van der Waals surface area contributed by atoms with Crippen LogP contribution in [0.15, 0.2) is 65.3 Å². The fraction of sp³-hybridized carbons (Fsp3) is 0.240. The third-order valence-electron chi connectivity index (χ3n) is 6.10. The van der Waals surface area contributed by atoms with Crippen LogP contribution < -0.4 is 14.2 Å². The Morgan fingerprint density at radius 1 is 1.03 bits per heavy atom. The molecule has 12 nitrogen and oxygen atoms in total. The van der Waals surface area contributed by atoms with Crippen LogP contribution in [0.1, 0.15) is 24.5 Å². The highest BCUT2D eigenvalue weighted by atomic mass is 32.2. The molecule has 0 bridgehead atoms. The quantitative estimate of drug-likeness (QED) is 0.288. The molecule has 0 aliphatic heterocycles. The van der Waals surface area contributed by atoms with Gasteiger partial charge in [-0.1, -0.05) is 12.1 Å². The Hall–Kier alpha value is -4.36. The second-order valence-corrected chi connectivity index (χ2v) is 10.6. The number of hydrogen-bond acceptors (Lipinski definition) is 9. The van der Waals surface area contributed by atoms with Gasteiger partial charge in [0, 0.05) is 12.4 Å². The molecular weight excluding hydrogens is 512 g/mol. The Kier molecular flexibility index (Phi) is 6.55. The first-order chi connectivity index (χ1) is 18.2. The normalized spacial score (nSPS) is 13.4. The highest BCUT2D eigenvalue weighted by molar-refractivity contribution is 7.93. The van der Waals surface area contributed by atoms with Crippen LogP contribution in [0, 0.1) is 6.92 Å². The first-order valence-electron chi connectivity index (χ1n) is 11.6. The number of aromatic nitrogens is 5. The SMILES string of the molecule is COc1cccc(OC)c1-n1c(NS(=O)(=O)[C@H](C)[C@@H](O)c2cn3ccccc3n2)nnc1-c1ccc(C)o1. The number of fused-ring (bicyclic) bond motifs is 1. The van der Waals surface area contributed by atoms with Gasteiger partial charge in [0.25, 0.3) is 0 Å². The summed E-state index contributed by atoms with van der Waals surface area (Å²) < 4.78 is 49.5. The molecule has 4 aromatic heterocycles. The van der Waals surface area contributed by atoms with E-state index in [1.807, 2.05) is 6.07 Å². The largest absolute Gasteiger partial charge is 0.494 e. The number of pyridine rings is 1. The second kappa shape index (κ2) is 9.84. The summed E-state index contributed by atoms with van der Waals surface area (Å²) in [4.78, 5) is 4.35. The van der Waals surface area contributed by atoms with Crippen LogP contribution in [0.5, 0.6) is 11.5 Å². The summed E-state index contributed by atoms with van der Waals surface area (Å²) in [6.45, 7) is 3.16. The Bertz CT molecular complexity index is 1650. The van der Waals surface area contributed by atoms with E-state index in [4.69, 9.17) is 13.9 Å². The van der Waals surface area contributed by atoms with E-state index in [1.54, 1.807) is 66.2 Å². The number of para-hydroxylation sites is 1. The van der Waals surface area contributed by atoms with Gasteiger partial charge >= 0.3 is 0 Å². The Balaban J connectivity index is 1.58. The van der Waals surface area contributed by atoms with Crippen molar-refractivity contribution in [1.82, 2.24) is 24.1 Å². The number of sulfonamides is 1. The molecule has 0 spiro atoms. The zero-order valence-electron chi connectivity index (χ0n) is 21.1. The molecule has 0 radical (unpaired) electrons. The number of anilines is 1. The predicted octanol–water partition coefficient (Wildman–Crippen LogP) is 3.36. The average molecular weight is 539 g/mol. The summed E-state index contributed by atoms with van der Waals surface area (Å²) in [7, 11) is -1.25. The number of furan rings is 1. The van der Waals surface area contributed by atoms with Crippen molar-refractivity contribution >= 4 is 21.6 Å². The summed E-state index contributed by atoms with van der Waals surface area (Å²) in [6, 6.07) is 14.0. The van der Waals surface area contributed by atoms with Crippen molar-refractivity contribution in [2.45, 2.75) is 25.2 Å². The van der Waals surface area contributed by atoms with E-state index in [-0.39, 0.29) is 17.5 Å². The van der Waals surface area contributed by atoms with Gasteiger partial charge in [0.1, 0.15) is 39.9 Å². The Morgan fingerprint density at radius 3 is 2.39 bits per heavy atom. The van der Waals surface area contributed by atoms with Crippen molar-refractivity contribution in [1.29, 1.82) is 0 Å². The molecule has 0 aliphatic carbocycles. The molecule has 2 N–H and O–H groups in total. The number of hydrogen-bond donors (Lipinski definition) is 2. The summed E-state index contributed by atoms with van der Waals surface area (Å²) in [5, 5.41) is 18.0. The molecule has 0 fully saturated rings. The lowest BCUT2D eigenvalue weighted by atomic mass is 10.2. The molecule has 0 aliphatic rings. The fourth-order valence-electron chi connectivity index (χ4n) is 4.06. The summed E-state index contributed by atoms with van der Waals surface area (Å²) >= 11 is 0. The van der Waals surface area contributed by atoms with Crippen LogP contribution in [-0.2, 0) is 10.0 Å². The Labute approximate surface area is 218 Å². The molecule has 38 heavy (non-hydrogen) atoms. The van der Waals surface area contributed by atoms with Crippen LogP contribution in [0.4, 0.5) is 5.95 Å². The van der Waals surface area contributed by atoms with Crippen LogP contribution in [0.3, 0.4) is 0 Å². The van der Waals surface area contributed by atoms with E-state index in [2.05, 4.69) is 19.9 Å². The zero-order chi connectivity index (χ0) is 27.0. The van der Waals surface area contributed by atoms with Crippen LogP contribution in [-0.4, -0.2) is 57.1 Å². The van der Waals surface area contributed by atoms with Gasteiger partial charge in [-0.05, 0) is 50.2 Å². The maximum Gasteiger partial charge on any atom is 0.243 e. The molecule has 5 rings (SSSR count). The van der Waals surface area contributed by atoms with E-state index in [9.17, 15) is 13.5 Å². The molecule has 13 heteroatoms. The summed E-state index contributed by atoms with van der Waals surface area (Å²) in [6.07, 6.45) is 1.93. The smallest absolute Gasteiger partial charge is 0.243 e. The number of nitrogens with zero attached hydrogens (tertiary/aromatic N) is 5. The number of rotatable bonds is 9. The molecular formula is C25H26N6O6S. The average Bonchev–Trinajstić information content (AvgIpc) is 3.65. The topological polar surface area (TPSA) is 146 Å². The maximum absolute atomic E-state index is 13.5. The first kappa shape index (κ1) is 25.3. The third-order valence-corrected chi connectivity index (χ3v) is 7.81. The number of nitrogens with one attached hydrogen (secondary N) is 1. The van der Waals surface area contributed by atoms with E-state index in [0.717, 1.165) is 0 Å². The van der Waals surface area contributed by atoms with E-state index in [1.165, 1.54) is 25.7 Å². The molecule has 0 saturated heterocycles. The fourth-order valence-corrected chi connectivity index (χ4v) is 5.11. The van der Waals surface area contributed by atoms with Crippen molar-refractivity contribution in [3.63, 3.8) is 0 Å². The number of methoxy groups -OCH3 is 2. The van der Waals surface area contributed by atoms with Gasteiger partial charge < -0.3 is 23.4 Å². The van der Waals surface area contributed by atoms with Gasteiger partial charge in [0.05, 0.1) is 19.9 Å². The number of ether oxygens (including phenoxy) is 2. The van der Waals surface area contributed by atoms with E-state index in [0.29, 0.717) is 34.4 Å². The van der Waals surface area contributed by atoms with Crippen molar-refractivity contribution in [3.8, 4) is 28.8 Å². The monoisotopic (exact) mass is 538 g/mol. The van der Waals surface area contributed by atoms with Crippen LogP contribution in [0.2, 0.25) is 0 Å². The van der Waals surface area contributed by atoms with Crippen molar-refractivity contribution in [2.75, 3.05) is 18.9 Å². The molecule has 4 heterocycles. The van der Waals surface area contributed by atoms with Gasteiger partial charge in [-0.2, -0.15) is 0 Å². The molecule has 0 amide bonds. The summed E-state index contributed by atoms with van der Waals surface area (Å²) in [5.41, 5.74) is 1.16. The molecule has 5 aromatic rings. The predicted molar refractivity (Wildman–Crippen MR) is 139 cm³/mol. The lowest BCUT2D eigenvalue weighted by Crippen LogP contribution is -2.32. The van der Waals surface area contributed by atoms with Crippen LogP contribution >= 0.6 is 0 Å².